The van der Waals surface area contributed by atoms with E-state index in [4.69, 9.17) is 11.6 Å². The molecule has 1 aromatic heterocycles. The molecule has 0 aliphatic heterocycles. The van der Waals surface area contributed by atoms with Crippen LogP contribution in [-0.2, 0) is 4.79 Å². The van der Waals surface area contributed by atoms with E-state index >= 15 is 0 Å². The van der Waals surface area contributed by atoms with Gasteiger partial charge in [0.05, 0.1) is 5.75 Å². The number of hydrogen-bond donors (Lipinski definition) is 2. The fraction of sp³-hybridized carbons (Fsp3) is 0.280. The van der Waals surface area contributed by atoms with Crippen molar-refractivity contribution >= 4 is 88.9 Å². The Kier molecular flexibility index (Phi) is 7.79. The minimum atomic E-state index is -0.526. The summed E-state index contributed by atoms with van der Waals surface area (Å²) in [6.07, 6.45) is 2.70. The summed E-state index contributed by atoms with van der Waals surface area (Å²) < 4.78 is 2.78. The van der Waals surface area contributed by atoms with E-state index in [9.17, 15) is 9.59 Å². The van der Waals surface area contributed by atoms with E-state index in [0.717, 1.165) is 30.1 Å². The molecular formula is C25H20Br3ClN4O2S. The van der Waals surface area contributed by atoms with E-state index in [2.05, 4.69) is 68.3 Å². The number of carbonyl (C=O) groups excluding carboxylic acids is 2. The molecule has 11 heteroatoms. The first-order valence-corrected chi connectivity index (χ1v) is 15.0. The smallest absolute Gasteiger partial charge is 0.230 e. The van der Waals surface area contributed by atoms with E-state index in [1.54, 1.807) is 0 Å². The number of ketones is 1. The predicted molar refractivity (Wildman–Crippen MR) is 153 cm³/mol. The second-order valence-electron chi connectivity index (χ2n) is 8.80. The molecule has 3 aromatic rings. The van der Waals surface area contributed by atoms with Gasteiger partial charge in [0.25, 0.3) is 0 Å². The van der Waals surface area contributed by atoms with Crippen LogP contribution in [0.25, 0.3) is 6.08 Å². The van der Waals surface area contributed by atoms with Gasteiger partial charge in [-0.1, -0.05) is 83.3 Å². The number of H-pyrrole nitrogens is 1. The van der Waals surface area contributed by atoms with Gasteiger partial charge in [-0.2, -0.15) is 0 Å². The van der Waals surface area contributed by atoms with Gasteiger partial charge in [-0.25, -0.2) is 4.98 Å². The van der Waals surface area contributed by atoms with Gasteiger partial charge in [0.15, 0.2) is 5.78 Å². The van der Waals surface area contributed by atoms with Crippen LogP contribution in [-0.4, -0.2) is 44.0 Å². The van der Waals surface area contributed by atoms with Crippen molar-refractivity contribution in [2.45, 2.75) is 41.8 Å². The maximum absolute atomic E-state index is 13.2. The van der Waals surface area contributed by atoms with E-state index in [1.165, 1.54) is 11.8 Å². The minimum Gasteiger partial charge on any atom is -0.352 e. The Morgan fingerprint density at radius 1 is 1.22 bits per heavy atom. The molecule has 0 saturated heterocycles. The maximum atomic E-state index is 13.2. The number of nitrogens with one attached hydrogen (secondary N) is 2. The predicted octanol–water partition coefficient (Wildman–Crippen LogP) is 6.85. The number of fused-ring (bicyclic) bond motifs is 1. The number of Topliss-reactive ketones (excluding diaryl/α,β-unsaturated/α-hetero) is 1. The number of thioether (sulfide) groups is 1. The molecule has 0 spiro atoms. The average molecular weight is 716 g/mol. The average Bonchev–Trinajstić information content (AvgIpc) is 3.29. The van der Waals surface area contributed by atoms with Crippen molar-refractivity contribution in [1.29, 1.82) is 0 Å². The highest BCUT2D eigenvalue weighted by atomic mass is 79.9. The number of alkyl halides is 1. The molecule has 6 nitrogen and oxygen atoms in total. The van der Waals surface area contributed by atoms with Gasteiger partial charge in [-0.05, 0) is 48.7 Å². The zero-order chi connectivity index (χ0) is 25.6. The van der Waals surface area contributed by atoms with Crippen LogP contribution >= 0.6 is 71.2 Å². The Morgan fingerprint density at radius 3 is 2.69 bits per heavy atom. The Balaban J connectivity index is 1.22. The summed E-state index contributed by atoms with van der Waals surface area (Å²) in [6, 6.07) is 11.5. The number of allylic oxidation sites excluding steroid dienone is 1. The first-order chi connectivity index (χ1) is 17.2. The third-order valence-electron chi connectivity index (χ3n) is 6.45. The summed E-state index contributed by atoms with van der Waals surface area (Å²) in [6.45, 7) is 1.92. The summed E-state index contributed by atoms with van der Waals surface area (Å²) in [5.74, 6) is -0.0194. The molecule has 36 heavy (non-hydrogen) atoms. The number of amides is 1. The lowest BCUT2D eigenvalue weighted by Gasteiger charge is -2.43. The number of aromatic amines is 1. The van der Waals surface area contributed by atoms with Crippen LogP contribution in [0.15, 0.2) is 60.5 Å². The second kappa shape index (κ2) is 10.7. The van der Waals surface area contributed by atoms with Crippen LogP contribution in [0.4, 0.5) is 0 Å². The van der Waals surface area contributed by atoms with Gasteiger partial charge in [0.1, 0.15) is 11.7 Å². The molecule has 0 radical (unpaired) electrons. The van der Waals surface area contributed by atoms with Gasteiger partial charge in [0, 0.05) is 36.3 Å². The third-order valence-corrected chi connectivity index (χ3v) is 9.62. The standard InChI is InChI=1S/C25H20Br3ClN4O2S/c1-11-7-12-5-6-13(26)8-14(12)23(35)20(11)24-31-25(33-32-24)36-10-19(34)30-18-9-17(29)22(18)21-15(27)3-2-4-16(21)28/h2-8,17-18,20,22H,9-10H2,1H3,(H,30,34)(H,31,32,33). The van der Waals surface area contributed by atoms with Crippen molar-refractivity contribution in [2.75, 3.05) is 5.75 Å². The molecule has 2 aliphatic rings. The Hall–Kier alpha value is -1.46. The van der Waals surface area contributed by atoms with Crippen LogP contribution in [0.3, 0.4) is 0 Å². The summed E-state index contributed by atoms with van der Waals surface area (Å²) in [4.78, 5) is 30.4. The molecular weight excluding hydrogens is 696 g/mol. The molecule has 1 heterocycles. The van der Waals surface area contributed by atoms with Crippen molar-refractivity contribution in [1.82, 2.24) is 20.5 Å². The molecule has 4 unspecified atom stereocenters. The summed E-state index contributed by atoms with van der Waals surface area (Å²) >= 11 is 18.4. The molecule has 4 atom stereocenters. The molecule has 0 bridgehead atoms. The van der Waals surface area contributed by atoms with Crippen LogP contribution in [0.2, 0.25) is 0 Å². The lowest BCUT2D eigenvalue weighted by Crippen LogP contribution is -2.52. The number of carbonyl (C=O) groups is 2. The number of nitrogens with zero attached hydrogens (tertiary/aromatic N) is 2. The van der Waals surface area contributed by atoms with Gasteiger partial charge in [0.2, 0.25) is 11.1 Å². The summed E-state index contributed by atoms with van der Waals surface area (Å²) in [5.41, 5.74) is 3.50. The minimum absolute atomic E-state index is 0.00988. The van der Waals surface area contributed by atoms with E-state index in [1.807, 2.05) is 49.4 Å². The van der Waals surface area contributed by atoms with Crippen molar-refractivity contribution in [3.8, 4) is 0 Å². The quantitative estimate of drug-likeness (QED) is 0.216. The zero-order valence-corrected chi connectivity index (χ0v) is 25.2. The van der Waals surface area contributed by atoms with Crippen molar-refractivity contribution < 1.29 is 9.59 Å². The monoisotopic (exact) mass is 712 g/mol. The fourth-order valence-corrected chi connectivity index (χ4v) is 7.68. The van der Waals surface area contributed by atoms with E-state index in [0.29, 0.717) is 23.0 Å². The van der Waals surface area contributed by atoms with Gasteiger partial charge >= 0.3 is 0 Å². The molecule has 2 aromatic carbocycles. The number of rotatable bonds is 6. The first kappa shape index (κ1) is 26.2. The highest BCUT2D eigenvalue weighted by Crippen LogP contribution is 2.46. The van der Waals surface area contributed by atoms with Crippen LogP contribution in [0, 0.1) is 0 Å². The fourth-order valence-electron chi connectivity index (χ4n) is 4.68. The molecule has 1 fully saturated rings. The maximum Gasteiger partial charge on any atom is 0.230 e. The SMILES string of the molecule is CC1=Cc2ccc(Br)cc2C(=O)C1c1nc(SCC(=O)NC2CC(Cl)C2c2c(Br)cccc2Br)n[nH]1. The summed E-state index contributed by atoms with van der Waals surface area (Å²) in [7, 11) is 0. The highest BCUT2D eigenvalue weighted by molar-refractivity contribution is 9.11. The molecule has 186 valence electrons. The van der Waals surface area contributed by atoms with Crippen molar-refractivity contribution in [3.05, 3.63) is 77.9 Å². The van der Waals surface area contributed by atoms with E-state index in [-0.39, 0.29) is 34.8 Å². The summed E-state index contributed by atoms with van der Waals surface area (Å²) in [5, 5.41) is 10.6. The van der Waals surface area contributed by atoms with Crippen LogP contribution < -0.4 is 5.32 Å². The van der Waals surface area contributed by atoms with Crippen molar-refractivity contribution in [2.24, 2.45) is 0 Å². The Morgan fingerprint density at radius 2 is 1.97 bits per heavy atom. The molecule has 2 N–H and O–H groups in total. The molecule has 1 amide bonds. The number of aromatic nitrogens is 3. The zero-order valence-electron chi connectivity index (χ0n) is 18.9. The van der Waals surface area contributed by atoms with Crippen LogP contribution in [0.5, 0.6) is 0 Å². The number of benzene rings is 2. The molecule has 2 aliphatic carbocycles. The van der Waals surface area contributed by atoms with Gasteiger partial charge in [-0.3, -0.25) is 14.7 Å². The van der Waals surface area contributed by atoms with Crippen LogP contribution in [0.1, 0.15) is 52.5 Å². The molecule has 1 saturated carbocycles. The lowest BCUT2D eigenvalue weighted by atomic mass is 9.74. The third kappa shape index (κ3) is 5.12. The largest absolute Gasteiger partial charge is 0.352 e. The van der Waals surface area contributed by atoms with Gasteiger partial charge < -0.3 is 5.32 Å². The topological polar surface area (TPSA) is 87.7 Å². The number of hydrogen-bond acceptors (Lipinski definition) is 5. The highest BCUT2D eigenvalue weighted by Gasteiger charge is 2.43. The van der Waals surface area contributed by atoms with Crippen molar-refractivity contribution in [3.63, 3.8) is 0 Å². The Bertz CT molecular complexity index is 1380. The lowest BCUT2D eigenvalue weighted by molar-refractivity contribution is -0.119. The molecule has 5 rings (SSSR count). The second-order valence-corrected chi connectivity index (χ2v) is 12.9. The van der Waals surface area contributed by atoms with Gasteiger partial charge in [-0.15, -0.1) is 16.7 Å². The van der Waals surface area contributed by atoms with E-state index < -0.39 is 5.92 Å². The first-order valence-electron chi connectivity index (χ1n) is 11.2. The number of halogens is 4. The Labute approximate surface area is 242 Å². The normalized spacial score (nSPS) is 23.0.